The van der Waals surface area contributed by atoms with Gasteiger partial charge in [-0.2, -0.15) is 0 Å². The summed E-state index contributed by atoms with van der Waals surface area (Å²) in [5.41, 5.74) is 2.11. The predicted molar refractivity (Wildman–Crippen MR) is 83.0 cm³/mol. The molecule has 0 bridgehead atoms. The molecule has 1 aliphatic heterocycles. The van der Waals surface area contributed by atoms with Crippen molar-refractivity contribution in [2.24, 2.45) is 5.92 Å². The number of hydrogen-bond donors (Lipinski definition) is 1. The number of carbonyl (C=O) groups is 1. The molecule has 1 aromatic carbocycles. The summed E-state index contributed by atoms with van der Waals surface area (Å²) >= 11 is 0. The summed E-state index contributed by atoms with van der Waals surface area (Å²) in [7, 11) is 2.00. The van der Waals surface area contributed by atoms with E-state index < -0.39 is 0 Å². The average molecular weight is 274 g/mol. The highest BCUT2D eigenvalue weighted by atomic mass is 16.2. The molecular formula is C17H26N2O. The minimum absolute atomic E-state index is 0.194. The second-order valence-corrected chi connectivity index (χ2v) is 5.68. The van der Waals surface area contributed by atoms with Crippen LogP contribution in [0, 0.1) is 5.92 Å². The predicted octanol–water partition coefficient (Wildman–Crippen LogP) is 2.71. The van der Waals surface area contributed by atoms with Crippen molar-refractivity contribution in [1.29, 1.82) is 0 Å². The number of amides is 1. The second-order valence-electron chi connectivity index (χ2n) is 5.68. The van der Waals surface area contributed by atoms with E-state index in [1.54, 1.807) is 0 Å². The van der Waals surface area contributed by atoms with Crippen molar-refractivity contribution in [1.82, 2.24) is 10.2 Å². The van der Waals surface area contributed by atoms with E-state index in [0.29, 0.717) is 0 Å². The number of aryl methyl sites for hydroxylation is 1. The van der Waals surface area contributed by atoms with Crippen LogP contribution in [0.4, 0.5) is 0 Å². The van der Waals surface area contributed by atoms with Gasteiger partial charge < -0.3 is 10.2 Å². The molecule has 1 saturated heterocycles. The summed E-state index contributed by atoms with van der Waals surface area (Å²) in [5, 5.41) is 3.21. The van der Waals surface area contributed by atoms with Crippen LogP contribution in [0.25, 0.3) is 0 Å². The second kappa shape index (κ2) is 7.44. The molecule has 0 aromatic heterocycles. The number of benzene rings is 1. The number of hydrogen-bond acceptors (Lipinski definition) is 2. The zero-order chi connectivity index (χ0) is 14.4. The molecule has 3 heteroatoms. The Morgan fingerprint density at radius 3 is 2.45 bits per heavy atom. The molecule has 0 saturated carbocycles. The first-order chi connectivity index (χ1) is 9.74. The van der Waals surface area contributed by atoms with E-state index in [2.05, 4.69) is 24.4 Å². The maximum absolute atomic E-state index is 12.4. The highest BCUT2D eigenvalue weighted by molar-refractivity contribution is 5.94. The van der Waals surface area contributed by atoms with E-state index >= 15 is 0 Å². The van der Waals surface area contributed by atoms with Crippen LogP contribution in [0.3, 0.4) is 0 Å². The van der Waals surface area contributed by atoms with Crippen molar-refractivity contribution in [3.05, 3.63) is 35.4 Å². The molecule has 0 spiro atoms. The van der Waals surface area contributed by atoms with Crippen molar-refractivity contribution in [2.45, 2.75) is 32.6 Å². The third kappa shape index (κ3) is 3.83. The largest absolute Gasteiger partial charge is 0.339 e. The van der Waals surface area contributed by atoms with E-state index in [1.165, 1.54) is 12.0 Å². The van der Waals surface area contributed by atoms with Crippen LogP contribution >= 0.6 is 0 Å². The van der Waals surface area contributed by atoms with Gasteiger partial charge in [-0.1, -0.05) is 19.1 Å². The lowest BCUT2D eigenvalue weighted by Gasteiger charge is -2.32. The van der Waals surface area contributed by atoms with Gasteiger partial charge in [-0.05, 0) is 62.9 Å². The number of nitrogens with one attached hydrogen (secondary N) is 1. The van der Waals surface area contributed by atoms with Crippen LogP contribution in [0.5, 0.6) is 0 Å². The van der Waals surface area contributed by atoms with Gasteiger partial charge in [0.2, 0.25) is 0 Å². The quantitative estimate of drug-likeness (QED) is 0.895. The van der Waals surface area contributed by atoms with Crippen LogP contribution in [0.15, 0.2) is 24.3 Å². The molecule has 1 aromatic rings. The molecule has 0 aliphatic carbocycles. The third-order valence-electron chi connectivity index (χ3n) is 4.31. The summed E-state index contributed by atoms with van der Waals surface area (Å²) in [6.45, 7) is 5.02. The van der Waals surface area contributed by atoms with Gasteiger partial charge in [0.1, 0.15) is 0 Å². The number of piperidine rings is 1. The van der Waals surface area contributed by atoms with Crippen LogP contribution in [0.2, 0.25) is 0 Å². The van der Waals surface area contributed by atoms with E-state index in [4.69, 9.17) is 0 Å². The fraction of sp³-hybridized carbons (Fsp3) is 0.588. The Labute approximate surface area is 122 Å². The standard InChI is InChI=1S/C17H26N2O/c1-3-14-4-6-16(7-5-14)17(20)19-12-9-15(10-13-19)8-11-18-2/h4-7,15,18H,3,8-13H2,1-2H3. The summed E-state index contributed by atoms with van der Waals surface area (Å²) < 4.78 is 0. The van der Waals surface area contributed by atoms with E-state index in [0.717, 1.165) is 50.4 Å². The number of carbonyl (C=O) groups excluding carboxylic acids is 1. The van der Waals surface area contributed by atoms with Gasteiger partial charge in [0.25, 0.3) is 5.91 Å². The maximum atomic E-state index is 12.4. The van der Waals surface area contributed by atoms with Crippen molar-refractivity contribution in [3.8, 4) is 0 Å². The average Bonchev–Trinajstić information content (AvgIpc) is 2.53. The van der Waals surface area contributed by atoms with Gasteiger partial charge >= 0.3 is 0 Å². The van der Waals surface area contributed by atoms with Crippen LogP contribution in [0.1, 0.15) is 42.1 Å². The molecule has 3 nitrogen and oxygen atoms in total. The minimum Gasteiger partial charge on any atom is -0.339 e. The molecule has 0 unspecified atom stereocenters. The lowest BCUT2D eigenvalue weighted by Crippen LogP contribution is -2.38. The normalized spacial score (nSPS) is 16.4. The van der Waals surface area contributed by atoms with Gasteiger partial charge in [-0.15, -0.1) is 0 Å². The van der Waals surface area contributed by atoms with E-state index in [1.807, 2.05) is 24.1 Å². The van der Waals surface area contributed by atoms with Gasteiger partial charge in [-0.25, -0.2) is 0 Å². The Bertz CT molecular complexity index is 419. The molecule has 1 heterocycles. The Kier molecular flexibility index (Phi) is 5.60. The highest BCUT2D eigenvalue weighted by Crippen LogP contribution is 2.21. The Balaban J connectivity index is 1.87. The molecule has 20 heavy (non-hydrogen) atoms. The first kappa shape index (κ1) is 15.0. The molecule has 1 amide bonds. The lowest BCUT2D eigenvalue weighted by atomic mass is 9.93. The van der Waals surface area contributed by atoms with Crippen molar-refractivity contribution < 1.29 is 4.79 Å². The minimum atomic E-state index is 0.194. The van der Waals surface area contributed by atoms with Gasteiger partial charge in [0.15, 0.2) is 0 Å². The van der Waals surface area contributed by atoms with Crippen LogP contribution in [-0.2, 0) is 6.42 Å². The van der Waals surface area contributed by atoms with Gasteiger partial charge in [-0.3, -0.25) is 4.79 Å². The first-order valence-corrected chi connectivity index (χ1v) is 7.77. The molecule has 1 N–H and O–H groups in total. The Hall–Kier alpha value is -1.35. The Morgan fingerprint density at radius 2 is 1.90 bits per heavy atom. The summed E-state index contributed by atoms with van der Waals surface area (Å²) in [4.78, 5) is 14.4. The topological polar surface area (TPSA) is 32.3 Å². The molecule has 0 atom stereocenters. The lowest BCUT2D eigenvalue weighted by molar-refractivity contribution is 0.0687. The van der Waals surface area contributed by atoms with Gasteiger partial charge in [0.05, 0.1) is 0 Å². The van der Waals surface area contributed by atoms with Crippen molar-refractivity contribution >= 4 is 5.91 Å². The van der Waals surface area contributed by atoms with Gasteiger partial charge in [0, 0.05) is 18.7 Å². The van der Waals surface area contributed by atoms with Crippen molar-refractivity contribution in [3.63, 3.8) is 0 Å². The maximum Gasteiger partial charge on any atom is 0.253 e. The zero-order valence-electron chi connectivity index (χ0n) is 12.7. The summed E-state index contributed by atoms with van der Waals surface area (Å²) in [6.07, 6.45) is 4.52. The number of nitrogens with zero attached hydrogens (tertiary/aromatic N) is 1. The summed E-state index contributed by atoms with van der Waals surface area (Å²) in [5.74, 6) is 0.966. The number of likely N-dealkylation sites (tertiary alicyclic amines) is 1. The molecule has 1 fully saturated rings. The fourth-order valence-electron chi connectivity index (χ4n) is 2.84. The SMILES string of the molecule is CCc1ccc(C(=O)N2CCC(CCNC)CC2)cc1. The molecule has 1 aliphatic rings. The van der Waals surface area contributed by atoms with E-state index in [-0.39, 0.29) is 5.91 Å². The monoisotopic (exact) mass is 274 g/mol. The third-order valence-corrected chi connectivity index (χ3v) is 4.31. The van der Waals surface area contributed by atoms with Crippen LogP contribution < -0.4 is 5.32 Å². The highest BCUT2D eigenvalue weighted by Gasteiger charge is 2.23. The van der Waals surface area contributed by atoms with Crippen molar-refractivity contribution in [2.75, 3.05) is 26.7 Å². The Morgan fingerprint density at radius 1 is 1.25 bits per heavy atom. The first-order valence-electron chi connectivity index (χ1n) is 7.77. The van der Waals surface area contributed by atoms with Crippen LogP contribution in [-0.4, -0.2) is 37.5 Å². The molecular weight excluding hydrogens is 248 g/mol. The smallest absolute Gasteiger partial charge is 0.253 e. The number of rotatable bonds is 5. The summed E-state index contributed by atoms with van der Waals surface area (Å²) in [6, 6.07) is 8.06. The molecule has 110 valence electrons. The fourth-order valence-corrected chi connectivity index (χ4v) is 2.84. The molecule has 2 rings (SSSR count). The molecule has 0 radical (unpaired) electrons. The van der Waals surface area contributed by atoms with E-state index in [9.17, 15) is 4.79 Å². The zero-order valence-corrected chi connectivity index (χ0v) is 12.7.